The molecule has 0 fully saturated rings. The molecule has 1 aromatic carbocycles. The third-order valence-electron chi connectivity index (χ3n) is 2.19. The van der Waals surface area contributed by atoms with Crippen molar-refractivity contribution in [3.05, 3.63) is 47.8 Å². The van der Waals surface area contributed by atoms with Crippen LogP contribution in [0.1, 0.15) is 0 Å². The molecular weight excluding hydrogens is 221 g/mol. The van der Waals surface area contributed by atoms with Crippen molar-refractivity contribution < 1.29 is 4.52 Å². The molecule has 0 spiro atoms. The Hall–Kier alpha value is -1.94. The highest BCUT2D eigenvalue weighted by Crippen LogP contribution is 2.25. The molecule has 0 amide bonds. The van der Waals surface area contributed by atoms with Gasteiger partial charge in [-0.05, 0) is 11.4 Å². The fourth-order valence-corrected chi connectivity index (χ4v) is 2.07. The van der Waals surface area contributed by atoms with Gasteiger partial charge in [-0.15, -0.1) is 11.3 Å². The summed E-state index contributed by atoms with van der Waals surface area (Å²) in [5, 5.41) is 5.95. The van der Waals surface area contributed by atoms with Crippen molar-refractivity contribution >= 4 is 11.3 Å². The van der Waals surface area contributed by atoms with Crippen LogP contribution in [0.3, 0.4) is 0 Å². The van der Waals surface area contributed by atoms with Crippen molar-refractivity contribution in [3.8, 4) is 22.2 Å². The molecule has 3 aromatic rings. The van der Waals surface area contributed by atoms with E-state index in [9.17, 15) is 0 Å². The summed E-state index contributed by atoms with van der Waals surface area (Å²) in [7, 11) is 0. The van der Waals surface area contributed by atoms with Crippen LogP contribution in [0.15, 0.2) is 52.4 Å². The van der Waals surface area contributed by atoms with Crippen LogP contribution >= 0.6 is 11.3 Å². The Morgan fingerprint density at radius 3 is 2.62 bits per heavy atom. The van der Waals surface area contributed by atoms with Gasteiger partial charge >= 0.3 is 0 Å². The minimum atomic E-state index is 0.578. The fourth-order valence-electron chi connectivity index (χ4n) is 1.43. The van der Waals surface area contributed by atoms with Crippen LogP contribution in [0, 0.1) is 0 Å². The summed E-state index contributed by atoms with van der Waals surface area (Å²) < 4.78 is 5.21. The molecule has 0 aliphatic carbocycles. The Bertz CT molecular complexity index is 572. The van der Waals surface area contributed by atoms with Crippen LogP contribution in [-0.4, -0.2) is 10.1 Å². The first-order valence-corrected chi connectivity index (χ1v) is 5.74. The van der Waals surface area contributed by atoms with E-state index in [1.165, 1.54) is 0 Å². The molecular formula is C12H8N2OS. The van der Waals surface area contributed by atoms with Gasteiger partial charge in [-0.2, -0.15) is 4.98 Å². The smallest absolute Gasteiger partial charge is 0.268 e. The van der Waals surface area contributed by atoms with Crippen LogP contribution in [0.5, 0.6) is 0 Å². The van der Waals surface area contributed by atoms with Crippen LogP contribution in [-0.2, 0) is 0 Å². The number of hydrogen-bond acceptors (Lipinski definition) is 4. The van der Waals surface area contributed by atoms with Crippen LogP contribution in [0.2, 0.25) is 0 Å². The largest absolute Gasteiger partial charge is 0.333 e. The number of nitrogens with zero attached hydrogens (tertiary/aromatic N) is 2. The average molecular weight is 229 g/mol. The molecule has 2 heterocycles. The predicted molar refractivity (Wildman–Crippen MR) is 63.0 cm³/mol. The van der Waals surface area contributed by atoms with Gasteiger partial charge in [-0.3, -0.25) is 0 Å². The monoisotopic (exact) mass is 229 g/mol. The first-order valence-electron chi connectivity index (χ1n) is 4.86. The first-order chi connectivity index (χ1) is 7.93. The fraction of sp³-hybridized carbons (Fsp3) is 0. The molecule has 0 saturated carbocycles. The Kier molecular flexibility index (Phi) is 2.27. The maximum atomic E-state index is 5.21. The second-order valence-electron chi connectivity index (χ2n) is 3.27. The van der Waals surface area contributed by atoms with Crippen molar-refractivity contribution in [1.82, 2.24) is 10.1 Å². The highest BCUT2D eigenvalue weighted by atomic mass is 32.1. The van der Waals surface area contributed by atoms with E-state index < -0.39 is 0 Å². The second-order valence-corrected chi connectivity index (χ2v) is 4.21. The zero-order valence-electron chi connectivity index (χ0n) is 8.33. The third kappa shape index (κ3) is 1.63. The number of benzene rings is 1. The minimum absolute atomic E-state index is 0.578. The SMILES string of the molecule is c1ccc(-c2no[13c](-c3cccs3)n2)cc1. The topological polar surface area (TPSA) is 38.9 Å². The first kappa shape index (κ1) is 9.30. The highest BCUT2D eigenvalue weighted by molar-refractivity contribution is 7.13. The minimum Gasteiger partial charge on any atom is -0.333 e. The quantitative estimate of drug-likeness (QED) is 0.675. The normalized spacial score (nSPS) is 10.5. The molecule has 3 rings (SSSR count). The van der Waals surface area contributed by atoms with Crippen molar-refractivity contribution in [2.24, 2.45) is 0 Å². The van der Waals surface area contributed by atoms with Crippen molar-refractivity contribution in [1.29, 1.82) is 0 Å². The molecule has 0 aliphatic heterocycles. The highest BCUT2D eigenvalue weighted by Gasteiger charge is 2.10. The summed E-state index contributed by atoms with van der Waals surface area (Å²) in [6, 6.07) is 13.7. The van der Waals surface area contributed by atoms with E-state index in [0.717, 1.165) is 10.4 Å². The lowest BCUT2D eigenvalue weighted by Gasteiger charge is -1.90. The van der Waals surface area contributed by atoms with Gasteiger partial charge in [0.25, 0.3) is 5.89 Å². The summed E-state index contributed by atoms with van der Waals surface area (Å²) in [6.45, 7) is 0. The van der Waals surface area contributed by atoms with E-state index in [4.69, 9.17) is 4.52 Å². The number of rotatable bonds is 2. The van der Waals surface area contributed by atoms with E-state index in [1.807, 2.05) is 47.8 Å². The molecule has 0 saturated heterocycles. The van der Waals surface area contributed by atoms with Gasteiger partial charge in [0, 0.05) is 5.56 Å². The van der Waals surface area contributed by atoms with Crippen LogP contribution in [0.4, 0.5) is 0 Å². The molecule has 16 heavy (non-hydrogen) atoms. The van der Waals surface area contributed by atoms with E-state index in [0.29, 0.717) is 11.7 Å². The lowest BCUT2D eigenvalue weighted by atomic mass is 10.2. The Labute approximate surface area is 96.4 Å². The molecule has 0 N–H and O–H groups in total. The molecule has 4 heteroatoms. The van der Waals surface area contributed by atoms with Gasteiger partial charge in [0.1, 0.15) is 0 Å². The van der Waals surface area contributed by atoms with Crippen molar-refractivity contribution in [2.45, 2.75) is 0 Å². The molecule has 0 bridgehead atoms. The molecule has 0 aliphatic rings. The summed E-state index contributed by atoms with van der Waals surface area (Å²) in [5.74, 6) is 1.21. The van der Waals surface area contributed by atoms with Gasteiger partial charge in [-0.25, -0.2) is 0 Å². The number of aromatic nitrogens is 2. The predicted octanol–water partition coefficient (Wildman–Crippen LogP) is 3.47. The summed E-state index contributed by atoms with van der Waals surface area (Å²) in [4.78, 5) is 5.35. The Morgan fingerprint density at radius 2 is 1.88 bits per heavy atom. The third-order valence-corrected chi connectivity index (χ3v) is 3.05. The molecule has 0 atom stereocenters. The Balaban J connectivity index is 2.00. The van der Waals surface area contributed by atoms with Crippen molar-refractivity contribution in [2.75, 3.05) is 0 Å². The zero-order chi connectivity index (χ0) is 10.8. The van der Waals surface area contributed by atoms with Crippen LogP contribution < -0.4 is 0 Å². The summed E-state index contributed by atoms with van der Waals surface area (Å²) in [6.07, 6.45) is 0. The zero-order valence-corrected chi connectivity index (χ0v) is 9.15. The standard InChI is InChI=1S/C12H8N2OS/c1-2-5-9(6-3-1)11-13-12(15-14-11)10-7-4-8-16-10/h1-8H/i12+1. The summed E-state index contributed by atoms with van der Waals surface area (Å²) >= 11 is 1.59. The van der Waals surface area contributed by atoms with E-state index in [-0.39, 0.29) is 0 Å². The second kappa shape index (κ2) is 3.90. The Morgan fingerprint density at radius 1 is 1.00 bits per heavy atom. The molecule has 78 valence electrons. The summed E-state index contributed by atoms with van der Waals surface area (Å²) in [5.41, 5.74) is 0.967. The van der Waals surface area contributed by atoms with Gasteiger partial charge in [-0.1, -0.05) is 41.6 Å². The van der Waals surface area contributed by atoms with Gasteiger partial charge in [0.15, 0.2) is 0 Å². The molecule has 2 aromatic heterocycles. The van der Waals surface area contributed by atoms with Crippen molar-refractivity contribution in [3.63, 3.8) is 0 Å². The lowest BCUT2D eigenvalue weighted by molar-refractivity contribution is 0.433. The average Bonchev–Trinajstić information content (AvgIpc) is 3.01. The van der Waals surface area contributed by atoms with Gasteiger partial charge < -0.3 is 4.52 Å². The number of hydrogen-bond donors (Lipinski definition) is 0. The molecule has 0 unspecified atom stereocenters. The van der Waals surface area contributed by atoms with Crippen LogP contribution in [0.25, 0.3) is 22.2 Å². The van der Waals surface area contributed by atoms with E-state index >= 15 is 0 Å². The van der Waals surface area contributed by atoms with E-state index in [2.05, 4.69) is 10.1 Å². The maximum Gasteiger partial charge on any atom is 0.268 e. The van der Waals surface area contributed by atoms with Gasteiger partial charge in [0.05, 0.1) is 4.88 Å². The maximum absolute atomic E-state index is 5.21. The molecule has 0 radical (unpaired) electrons. The van der Waals surface area contributed by atoms with E-state index in [1.54, 1.807) is 11.3 Å². The number of thiophene rings is 1. The lowest BCUT2D eigenvalue weighted by Crippen LogP contribution is -1.78. The molecule has 3 nitrogen and oxygen atoms in total. The van der Waals surface area contributed by atoms with Gasteiger partial charge in [0.2, 0.25) is 5.82 Å².